The molecule has 1 heterocycles. The second-order valence-corrected chi connectivity index (χ2v) is 2.68. The van der Waals surface area contributed by atoms with E-state index in [1.807, 2.05) is 19.0 Å². The van der Waals surface area contributed by atoms with Crippen LogP contribution in [-0.2, 0) is 11.3 Å². The number of aliphatic carboxylic acids is 1. The Morgan fingerprint density at radius 3 is 2.83 bits per heavy atom. The maximum atomic E-state index is 10.3. The van der Waals surface area contributed by atoms with Crippen LogP contribution in [0.15, 0.2) is 12.4 Å². The summed E-state index contributed by atoms with van der Waals surface area (Å²) < 4.78 is 1.39. The quantitative estimate of drug-likeness (QED) is 0.693. The molecule has 1 rings (SSSR count). The summed E-state index contributed by atoms with van der Waals surface area (Å²) >= 11 is 0. The van der Waals surface area contributed by atoms with Crippen LogP contribution in [0, 0.1) is 0 Å². The van der Waals surface area contributed by atoms with Crippen molar-refractivity contribution in [2.24, 2.45) is 0 Å². The van der Waals surface area contributed by atoms with Gasteiger partial charge in [-0.3, -0.25) is 9.48 Å². The van der Waals surface area contributed by atoms with E-state index >= 15 is 0 Å². The van der Waals surface area contributed by atoms with E-state index < -0.39 is 5.97 Å². The molecular formula is C7H11N3O2. The number of nitrogens with zero attached hydrogens (tertiary/aromatic N) is 3. The Bertz CT molecular complexity index is 280. The highest BCUT2D eigenvalue weighted by Gasteiger charge is 2.02. The van der Waals surface area contributed by atoms with Crippen LogP contribution in [0.5, 0.6) is 0 Å². The van der Waals surface area contributed by atoms with E-state index in [9.17, 15) is 4.79 Å². The average molecular weight is 169 g/mol. The SMILES string of the molecule is CN(C)c1cnn(CC(=O)O)c1. The van der Waals surface area contributed by atoms with E-state index in [1.165, 1.54) is 4.68 Å². The number of carbonyl (C=O) groups is 1. The van der Waals surface area contributed by atoms with Crippen LogP contribution in [0.25, 0.3) is 0 Å². The molecule has 0 spiro atoms. The first kappa shape index (κ1) is 8.58. The molecule has 0 aliphatic rings. The van der Waals surface area contributed by atoms with Gasteiger partial charge in [0.1, 0.15) is 6.54 Å². The highest BCUT2D eigenvalue weighted by molar-refractivity contribution is 5.66. The van der Waals surface area contributed by atoms with E-state index in [2.05, 4.69) is 5.10 Å². The maximum absolute atomic E-state index is 10.3. The highest BCUT2D eigenvalue weighted by atomic mass is 16.4. The van der Waals surface area contributed by atoms with Crippen molar-refractivity contribution in [3.8, 4) is 0 Å². The molecule has 5 heteroatoms. The molecule has 0 aromatic carbocycles. The summed E-state index contributed by atoms with van der Waals surface area (Å²) in [7, 11) is 3.75. The first-order valence-corrected chi connectivity index (χ1v) is 3.51. The van der Waals surface area contributed by atoms with E-state index in [-0.39, 0.29) is 6.54 Å². The zero-order valence-corrected chi connectivity index (χ0v) is 7.06. The summed E-state index contributed by atoms with van der Waals surface area (Å²) in [5.41, 5.74) is 0.899. The van der Waals surface area contributed by atoms with Gasteiger partial charge >= 0.3 is 5.97 Å². The van der Waals surface area contributed by atoms with E-state index in [4.69, 9.17) is 5.11 Å². The Labute approximate surface area is 70.2 Å². The third kappa shape index (κ3) is 1.98. The minimum absolute atomic E-state index is 0.0894. The van der Waals surface area contributed by atoms with Crippen LogP contribution < -0.4 is 4.90 Å². The normalized spacial score (nSPS) is 9.83. The lowest BCUT2D eigenvalue weighted by Crippen LogP contribution is -2.10. The smallest absolute Gasteiger partial charge is 0.325 e. The van der Waals surface area contributed by atoms with Crippen molar-refractivity contribution >= 4 is 11.7 Å². The molecule has 1 N–H and O–H groups in total. The largest absolute Gasteiger partial charge is 0.480 e. The Balaban J connectivity index is 2.70. The topological polar surface area (TPSA) is 58.4 Å². The van der Waals surface area contributed by atoms with Crippen LogP contribution >= 0.6 is 0 Å². The van der Waals surface area contributed by atoms with Gasteiger partial charge in [0, 0.05) is 20.3 Å². The minimum Gasteiger partial charge on any atom is -0.480 e. The average Bonchev–Trinajstić information content (AvgIpc) is 2.34. The summed E-state index contributed by atoms with van der Waals surface area (Å²) in [4.78, 5) is 12.1. The fourth-order valence-electron chi connectivity index (χ4n) is 0.809. The summed E-state index contributed by atoms with van der Waals surface area (Å²) in [6.07, 6.45) is 3.32. The van der Waals surface area contributed by atoms with Gasteiger partial charge in [0.15, 0.2) is 0 Å². The van der Waals surface area contributed by atoms with Gasteiger partial charge in [-0.25, -0.2) is 0 Å². The lowest BCUT2D eigenvalue weighted by molar-refractivity contribution is -0.137. The molecule has 12 heavy (non-hydrogen) atoms. The summed E-state index contributed by atoms with van der Waals surface area (Å²) in [6.45, 7) is -0.0894. The molecule has 0 amide bonds. The van der Waals surface area contributed by atoms with Crippen molar-refractivity contribution in [1.82, 2.24) is 9.78 Å². The number of hydrogen-bond donors (Lipinski definition) is 1. The maximum Gasteiger partial charge on any atom is 0.325 e. The van der Waals surface area contributed by atoms with Crippen molar-refractivity contribution in [3.05, 3.63) is 12.4 Å². The molecule has 0 radical (unpaired) electrons. The van der Waals surface area contributed by atoms with Gasteiger partial charge in [-0.2, -0.15) is 5.10 Å². The molecule has 0 saturated carbocycles. The second kappa shape index (κ2) is 3.25. The Hall–Kier alpha value is -1.52. The molecule has 0 fully saturated rings. The first-order valence-electron chi connectivity index (χ1n) is 3.51. The van der Waals surface area contributed by atoms with E-state index in [0.717, 1.165) is 5.69 Å². The van der Waals surface area contributed by atoms with Gasteiger partial charge in [-0.1, -0.05) is 0 Å². The Morgan fingerprint density at radius 1 is 1.75 bits per heavy atom. The van der Waals surface area contributed by atoms with Gasteiger partial charge < -0.3 is 10.0 Å². The van der Waals surface area contributed by atoms with E-state index in [0.29, 0.717) is 0 Å². The van der Waals surface area contributed by atoms with Gasteiger partial charge in [0.05, 0.1) is 11.9 Å². The molecule has 0 aliphatic carbocycles. The fraction of sp³-hybridized carbons (Fsp3) is 0.429. The monoisotopic (exact) mass is 169 g/mol. The van der Waals surface area contributed by atoms with Crippen molar-refractivity contribution < 1.29 is 9.90 Å². The van der Waals surface area contributed by atoms with Gasteiger partial charge in [0.25, 0.3) is 0 Å². The predicted octanol–water partition coefficient (Wildman–Crippen LogP) is 0.0337. The second-order valence-electron chi connectivity index (χ2n) is 2.68. The van der Waals surface area contributed by atoms with Crippen molar-refractivity contribution in [2.45, 2.75) is 6.54 Å². The third-order valence-electron chi connectivity index (χ3n) is 1.43. The zero-order valence-electron chi connectivity index (χ0n) is 7.06. The van der Waals surface area contributed by atoms with Gasteiger partial charge in [-0.15, -0.1) is 0 Å². The highest BCUT2D eigenvalue weighted by Crippen LogP contribution is 2.07. The molecule has 5 nitrogen and oxygen atoms in total. The number of hydrogen-bond acceptors (Lipinski definition) is 3. The van der Waals surface area contributed by atoms with Gasteiger partial charge in [0.2, 0.25) is 0 Å². The molecule has 0 unspecified atom stereocenters. The van der Waals surface area contributed by atoms with Crippen LogP contribution in [-0.4, -0.2) is 35.0 Å². The third-order valence-corrected chi connectivity index (χ3v) is 1.43. The molecule has 1 aromatic rings. The number of anilines is 1. The molecule has 0 saturated heterocycles. The lowest BCUT2D eigenvalue weighted by atomic mass is 10.5. The molecule has 66 valence electrons. The zero-order chi connectivity index (χ0) is 9.14. The minimum atomic E-state index is -0.886. The van der Waals surface area contributed by atoms with Crippen molar-refractivity contribution in [3.63, 3.8) is 0 Å². The van der Waals surface area contributed by atoms with Crippen molar-refractivity contribution in [2.75, 3.05) is 19.0 Å². The number of rotatable bonds is 3. The van der Waals surface area contributed by atoms with Gasteiger partial charge in [-0.05, 0) is 0 Å². The predicted molar refractivity (Wildman–Crippen MR) is 44.2 cm³/mol. The lowest BCUT2D eigenvalue weighted by Gasteiger charge is -2.06. The Kier molecular flexibility index (Phi) is 2.32. The Morgan fingerprint density at radius 2 is 2.42 bits per heavy atom. The molecule has 1 aromatic heterocycles. The first-order chi connectivity index (χ1) is 5.59. The number of aromatic nitrogens is 2. The molecule has 0 bridgehead atoms. The van der Waals surface area contributed by atoms with Crippen LogP contribution in [0.3, 0.4) is 0 Å². The molecule has 0 aliphatic heterocycles. The number of carboxylic acid groups (broad SMARTS) is 1. The van der Waals surface area contributed by atoms with Crippen LogP contribution in [0.2, 0.25) is 0 Å². The fourth-order valence-corrected chi connectivity index (χ4v) is 0.809. The summed E-state index contributed by atoms with van der Waals surface area (Å²) in [6, 6.07) is 0. The van der Waals surface area contributed by atoms with Crippen LogP contribution in [0.1, 0.15) is 0 Å². The standard InChI is InChI=1S/C7H11N3O2/c1-9(2)6-3-8-10(4-6)5-7(11)12/h3-4H,5H2,1-2H3,(H,11,12). The summed E-state index contributed by atoms with van der Waals surface area (Å²) in [5.74, 6) is -0.886. The molecule has 0 atom stereocenters. The van der Waals surface area contributed by atoms with Crippen LogP contribution in [0.4, 0.5) is 5.69 Å². The summed E-state index contributed by atoms with van der Waals surface area (Å²) in [5, 5.41) is 12.3. The van der Waals surface area contributed by atoms with Crippen molar-refractivity contribution in [1.29, 1.82) is 0 Å². The van der Waals surface area contributed by atoms with E-state index in [1.54, 1.807) is 12.4 Å². The molecular weight excluding hydrogens is 158 g/mol. The number of carboxylic acids is 1.